The van der Waals surface area contributed by atoms with Gasteiger partial charge in [-0.2, -0.15) is 0 Å². The maximum Gasteiger partial charge on any atom is 0.261 e. The first-order valence-electron chi connectivity index (χ1n) is 7.24. The van der Waals surface area contributed by atoms with Gasteiger partial charge in [-0.3, -0.25) is 9.36 Å². The molecule has 0 amide bonds. The van der Waals surface area contributed by atoms with Crippen molar-refractivity contribution in [2.24, 2.45) is 0 Å². The minimum absolute atomic E-state index is 0.0483. The minimum atomic E-state index is -0.857. The highest BCUT2D eigenvalue weighted by atomic mass is 35.5. The number of aliphatic hydroxyl groups is 1. The van der Waals surface area contributed by atoms with Crippen LogP contribution in [0.3, 0.4) is 0 Å². The summed E-state index contributed by atoms with van der Waals surface area (Å²) in [5, 5.41) is 11.7. The van der Waals surface area contributed by atoms with Gasteiger partial charge in [-0.15, -0.1) is 0 Å². The van der Waals surface area contributed by atoms with Gasteiger partial charge in [0.2, 0.25) is 0 Å². The molecule has 124 valence electrons. The Morgan fingerprint density at radius 3 is 2.58 bits per heavy atom. The molecule has 0 aliphatic heterocycles. The Hall–Kier alpha value is -2.08. The second kappa shape index (κ2) is 7.21. The lowest BCUT2D eigenvalue weighted by Gasteiger charge is -2.14. The van der Waals surface area contributed by atoms with Crippen molar-refractivity contribution >= 4 is 34.1 Å². The normalized spacial score (nSPS) is 12.3. The van der Waals surface area contributed by atoms with Gasteiger partial charge in [0.25, 0.3) is 5.56 Å². The Morgan fingerprint density at radius 1 is 1.12 bits per heavy atom. The molecule has 7 heteroatoms. The lowest BCUT2D eigenvalue weighted by molar-refractivity contribution is 0.0915. The van der Waals surface area contributed by atoms with Crippen LogP contribution in [0.15, 0.2) is 53.6 Å². The van der Waals surface area contributed by atoms with E-state index < -0.39 is 6.10 Å². The van der Waals surface area contributed by atoms with Crippen molar-refractivity contribution in [3.8, 4) is 5.75 Å². The van der Waals surface area contributed by atoms with Crippen molar-refractivity contribution in [1.82, 2.24) is 9.55 Å². The molecule has 1 heterocycles. The zero-order valence-corrected chi connectivity index (χ0v) is 14.0. The predicted octanol–water partition coefficient (Wildman–Crippen LogP) is 3.14. The van der Waals surface area contributed by atoms with E-state index in [-0.39, 0.29) is 18.7 Å². The SMILES string of the molecule is O=c1c2ccc(Cl)cc2ncn1C[C@@H](O)COc1ccc(Cl)cc1. The van der Waals surface area contributed by atoms with Crippen molar-refractivity contribution in [1.29, 1.82) is 0 Å². The van der Waals surface area contributed by atoms with Crippen LogP contribution in [0.5, 0.6) is 5.75 Å². The van der Waals surface area contributed by atoms with Crippen molar-refractivity contribution < 1.29 is 9.84 Å². The molecule has 24 heavy (non-hydrogen) atoms. The number of rotatable bonds is 5. The van der Waals surface area contributed by atoms with Crippen molar-refractivity contribution in [3.05, 3.63) is 69.2 Å². The molecule has 3 rings (SSSR count). The molecule has 0 spiro atoms. The van der Waals surface area contributed by atoms with Gasteiger partial charge in [0.1, 0.15) is 18.5 Å². The molecule has 0 radical (unpaired) electrons. The molecule has 1 atom stereocenters. The second-order valence-electron chi connectivity index (χ2n) is 5.28. The third-order valence-corrected chi connectivity index (χ3v) is 3.94. The van der Waals surface area contributed by atoms with Crippen molar-refractivity contribution in [3.63, 3.8) is 0 Å². The number of aliphatic hydroxyl groups excluding tert-OH is 1. The van der Waals surface area contributed by atoms with Gasteiger partial charge in [-0.1, -0.05) is 23.2 Å². The van der Waals surface area contributed by atoms with Gasteiger partial charge in [-0.25, -0.2) is 4.98 Å². The molecular weight excluding hydrogens is 351 g/mol. The predicted molar refractivity (Wildman–Crippen MR) is 94.0 cm³/mol. The van der Waals surface area contributed by atoms with E-state index in [9.17, 15) is 9.90 Å². The largest absolute Gasteiger partial charge is 0.491 e. The molecule has 0 aliphatic rings. The summed E-state index contributed by atoms with van der Waals surface area (Å²) < 4.78 is 6.83. The quantitative estimate of drug-likeness (QED) is 0.755. The van der Waals surface area contributed by atoms with E-state index in [2.05, 4.69) is 4.98 Å². The molecule has 0 saturated heterocycles. The average molecular weight is 365 g/mol. The fourth-order valence-corrected chi connectivity index (χ4v) is 2.56. The summed E-state index contributed by atoms with van der Waals surface area (Å²) >= 11 is 11.7. The molecule has 2 aromatic carbocycles. The highest BCUT2D eigenvalue weighted by molar-refractivity contribution is 6.31. The summed E-state index contributed by atoms with van der Waals surface area (Å²) in [6.45, 7) is 0.130. The van der Waals surface area contributed by atoms with Crippen LogP contribution in [-0.4, -0.2) is 27.4 Å². The van der Waals surface area contributed by atoms with Gasteiger partial charge in [0, 0.05) is 10.0 Å². The number of aromatic nitrogens is 2. The van der Waals surface area contributed by atoms with Gasteiger partial charge in [0.05, 0.1) is 23.8 Å². The second-order valence-corrected chi connectivity index (χ2v) is 6.16. The highest BCUT2D eigenvalue weighted by Gasteiger charge is 2.10. The Balaban J connectivity index is 1.70. The van der Waals surface area contributed by atoms with Crippen LogP contribution in [0.2, 0.25) is 10.0 Å². The van der Waals surface area contributed by atoms with Crippen LogP contribution in [0.25, 0.3) is 10.9 Å². The molecule has 0 fully saturated rings. The molecular formula is C17H14Cl2N2O3. The van der Waals surface area contributed by atoms with Gasteiger partial charge >= 0.3 is 0 Å². The summed E-state index contributed by atoms with van der Waals surface area (Å²) in [5.41, 5.74) is 0.290. The number of hydrogen-bond donors (Lipinski definition) is 1. The van der Waals surface area contributed by atoms with Gasteiger partial charge < -0.3 is 9.84 Å². The van der Waals surface area contributed by atoms with Gasteiger partial charge in [-0.05, 0) is 42.5 Å². The lowest BCUT2D eigenvalue weighted by Crippen LogP contribution is -2.30. The fraction of sp³-hybridized carbons (Fsp3) is 0.176. The summed E-state index contributed by atoms with van der Waals surface area (Å²) in [7, 11) is 0. The van der Waals surface area contributed by atoms with E-state index in [1.807, 2.05) is 0 Å². The number of hydrogen-bond acceptors (Lipinski definition) is 4. The molecule has 1 aromatic heterocycles. The molecule has 1 N–H and O–H groups in total. The maximum absolute atomic E-state index is 12.4. The lowest BCUT2D eigenvalue weighted by atomic mass is 10.2. The van der Waals surface area contributed by atoms with Crippen LogP contribution in [-0.2, 0) is 6.54 Å². The first kappa shape index (κ1) is 16.8. The monoisotopic (exact) mass is 364 g/mol. The number of ether oxygens (including phenoxy) is 1. The van der Waals surface area contributed by atoms with E-state index >= 15 is 0 Å². The zero-order chi connectivity index (χ0) is 17.1. The Bertz CT molecular complexity index is 910. The van der Waals surface area contributed by atoms with Crippen LogP contribution in [0.4, 0.5) is 0 Å². The van der Waals surface area contributed by atoms with E-state index in [1.54, 1.807) is 42.5 Å². The molecule has 3 aromatic rings. The third kappa shape index (κ3) is 3.87. The number of fused-ring (bicyclic) bond motifs is 1. The summed E-state index contributed by atoms with van der Waals surface area (Å²) in [6.07, 6.45) is 0.539. The molecule has 0 aliphatic carbocycles. The zero-order valence-electron chi connectivity index (χ0n) is 12.5. The van der Waals surface area contributed by atoms with E-state index in [1.165, 1.54) is 10.9 Å². The first-order chi connectivity index (χ1) is 11.5. The topological polar surface area (TPSA) is 64.4 Å². The average Bonchev–Trinajstić information content (AvgIpc) is 2.57. The van der Waals surface area contributed by atoms with E-state index in [4.69, 9.17) is 27.9 Å². The molecule has 5 nitrogen and oxygen atoms in total. The Kier molecular flexibility index (Phi) is 5.04. The van der Waals surface area contributed by atoms with Crippen LogP contribution in [0.1, 0.15) is 0 Å². The van der Waals surface area contributed by atoms with Crippen LogP contribution >= 0.6 is 23.2 Å². The van der Waals surface area contributed by atoms with E-state index in [0.29, 0.717) is 26.7 Å². The number of benzene rings is 2. The molecule has 0 saturated carbocycles. The number of halogens is 2. The summed E-state index contributed by atoms with van der Waals surface area (Å²) in [6, 6.07) is 11.7. The minimum Gasteiger partial charge on any atom is -0.491 e. The maximum atomic E-state index is 12.4. The third-order valence-electron chi connectivity index (χ3n) is 3.45. The summed E-state index contributed by atoms with van der Waals surface area (Å²) in [5.74, 6) is 0.595. The smallest absolute Gasteiger partial charge is 0.261 e. The van der Waals surface area contributed by atoms with Crippen LogP contribution < -0.4 is 10.3 Å². The standard InChI is InChI=1S/C17H14Cl2N2O3/c18-11-1-4-14(5-2-11)24-9-13(22)8-21-10-20-16-7-12(19)3-6-15(16)17(21)23/h1-7,10,13,22H,8-9H2/t13-/m1/s1. The highest BCUT2D eigenvalue weighted by Crippen LogP contribution is 2.16. The van der Waals surface area contributed by atoms with Crippen molar-refractivity contribution in [2.45, 2.75) is 12.6 Å². The van der Waals surface area contributed by atoms with Gasteiger partial charge in [0.15, 0.2) is 0 Å². The summed E-state index contributed by atoms with van der Waals surface area (Å²) in [4.78, 5) is 16.6. The Labute approximate surface area is 148 Å². The van der Waals surface area contributed by atoms with Crippen molar-refractivity contribution in [2.75, 3.05) is 6.61 Å². The molecule has 0 bridgehead atoms. The Morgan fingerprint density at radius 2 is 1.83 bits per heavy atom. The molecule has 0 unspecified atom stereocenters. The fourth-order valence-electron chi connectivity index (χ4n) is 2.26. The number of nitrogens with zero attached hydrogens (tertiary/aromatic N) is 2. The van der Waals surface area contributed by atoms with Crippen LogP contribution in [0, 0.1) is 0 Å². The first-order valence-corrected chi connectivity index (χ1v) is 7.99. The van der Waals surface area contributed by atoms with E-state index in [0.717, 1.165) is 0 Å².